The van der Waals surface area contributed by atoms with Crippen LogP contribution in [0.15, 0.2) is 72.0 Å². The van der Waals surface area contributed by atoms with E-state index >= 15 is 0 Å². The highest BCUT2D eigenvalue weighted by Gasteiger charge is 2.46. The van der Waals surface area contributed by atoms with Crippen molar-refractivity contribution in [1.29, 1.82) is 0 Å². The molecule has 2 aliphatic rings. The fourth-order valence-corrected chi connectivity index (χ4v) is 4.22. The van der Waals surface area contributed by atoms with Gasteiger partial charge in [-0.2, -0.15) is 0 Å². The maximum absolute atomic E-state index is 12.6. The van der Waals surface area contributed by atoms with Gasteiger partial charge in [0.2, 0.25) is 0 Å². The van der Waals surface area contributed by atoms with Crippen molar-refractivity contribution in [3.63, 3.8) is 0 Å². The number of carbonyl (C=O) groups is 3. The van der Waals surface area contributed by atoms with Gasteiger partial charge >= 0.3 is 18.2 Å². The second-order valence-electron chi connectivity index (χ2n) is 8.68. The highest BCUT2D eigenvalue weighted by atomic mass is 16.7. The molecule has 9 nitrogen and oxygen atoms in total. The van der Waals surface area contributed by atoms with Crippen LogP contribution in [0.1, 0.15) is 17.5 Å². The second-order valence-corrected chi connectivity index (χ2v) is 8.68. The minimum atomic E-state index is -1.02. The van der Waals surface area contributed by atoms with Crippen LogP contribution in [0.3, 0.4) is 0 Å². The van der Waals surface area contributed by atoms with Crippen LogP contribution in [-0.2, 0) is 23.7 Å². The van der Waals surface area contributed by atoms with Crippen LogP contribution in [-0.4, -0.2) is 38.2 Å². The van der Waals surface area contributed by atoms with Crippen LogP contribution >= 0.6 is 0 Å². The Morgan fingerprint density at radius 3 is 2.08 bits per heavy atom. The zero-order chi connectivity index (χ0) is 25.7. The van der Waals surface area contributed by atoms with Crippen molar-refractivity contribution in [1.82, 2.24) is 0 Å². The summed E-state index contributed by atoms with van der Waals surface area (Å²) in [5.74, 6) is -1.40. The van der Waals surface area contributed by atoms with E-state index in [4.69, 9.17) is 18.9 Å². The van der Waals surface area contributed by atoms with E-state index in [1.807, 2.05) is 44.2 Å². The molecule has 3 atom stereocenters. The third-order valence-electron chi connectivity index (χ3n) is 6.13. The average Bonchev–Trinajstić information content (AvgIpc) is 3.30. The highest BCUT2D eigenvalue weighted by molar-refractivity contribution is 5.89. The molecule has 9 heteroatoms. The molecule has 188 valence electrons. The number of fused-ring (bicyclic) bond motifs is 1. The van der Waals surface area contributed by atoms with Gasteiger partial charge in [0.25, 0.3) is 6.29 Å². The number of anilines is 2. The molecule has 2 aromatic carbocycles. The third-order valence-corrected chi connectivity index (χ3v) is 6.13. The molecule has 1 heterocycles. The molecule has 0 bridgehead atoms. The molecule has 0 radical (unpaired) electrons. The monoisotopic (exact) mass is 492 g/mol. The molecule has 0 saturated carbocycles. The second kappa shape index (κ2) is 11.0. The molecule has 4 rings (SSSR count). The molecular formula is C27H28N2O7. The lowest BCUT2D eigenvalue weighted by molar-refractivity contribution is -0.141. The van der Waals surface area contributed by atoms with Gasteiger partial charge in [0.15, 0.2) is 0 Å². The zero-order valence-corrected chi connectivity index (χ0v) is 20.3. The molecular weight excluding hydrogens is 464 g/mol. The van der Waals surface area contributed by atoms with Crippen molar-refractivity contribution >= 4 is 29.5 Å². The lowest BCUT2D eigenvalue weighted by Crippen LogP contribution is -2.39. The minimum Gasteiger partial charge on any atom is -0.466 e. The number of amides is 2. The van der Waals surface area contributed by atoms with Gasteiger partial charge in [-0.3, -0.25) is 10.6 Å². The number of ether oxygens (including phenoxy) is 4. The summed E-state index contributed by atoms with van der Waals surface area (Å²) in [6, 6.07) is 14.6. The fraction of sp³-hybridized carbons (Fsp3) is 0.296. The first kappa shape index (κ1) is 24.8. The van der Waals surface area contributed by atoms with E-state index in [1.165, 1.54) is 13.4 Å². The van der Waals surface area contributed by atoms with Crippen molar-refractivity contribution < 1.29 is 33.3 Å². The number of rotatable bonds is 6. The Labute approximate surface area is 209 Å². The Hall–Kier alpha value is -4.27. The Bertz CT molecular complexity index is 1190. The quantitative estimate of drug-likeness (QED) is 0.329. The number of benzene rings is 2. The van der Waals surface area contributed by atoms with Crippen LogP contribution in [0.4, 0.5) is 21.0 Å². The van der Waals surface area contributed by atoms with Crippen LogP contribution in [0.2, 0.25) is 0 Å². The number of carbonyl (C=O) groups excluding carboxylic acids is 3. The van der Waals surface area contributed by atoms with E-state index in [0.717, 1.165) is 11.1 Å². The summed E-state index contributed by atoms with van der Waals surface area (Å²) in [5.41, 5.74) is 4.32. The van der Waals surface area contributed by atoms with E-state index in [-0.39, 0.29) is 12.5 Å². The number of aryl methyl sites for hydroxylation is 2. The average molecular weight is 493 g/mol. The number of allylic oxidation sites excluding steroid dienone is 1. The summed E-state index contributed by atoms with van der Waals surface area (Å²) in [7, 11) is 1.29. The first-order valence-corrected chi connectivity index (χ1v) is 11.5. The number of hydrogen-bond donors (Lipinski definition) is 2. The van der Waals surface area contributed by atoms with Crippen molar-refractivity contribution in [2.24, 2.45) is 11.8 Å². The van der Waals surface area contributed by atoms with E-state index in [0.29, 0.717) is 28.9 Å². The number of methoxy groups -OCH3 is 1. The van der Waals surface area contributed by atoms with Crippen molar-refractivity contribution in [3.8, 4) is 0 Å². The summed E-state index contributed by atoms with van der Waals surface area (Å²) < 4.78 is 21.5. The van der Waals surface area contributed by atoms with Crippen LogP contribution in [0.25, 0.3) is 0 Å². The van der Waals surface area contributed by atoms with Gasteiger partial charge < -0.3 is 18.9 Å². The van der Waals surface area contributed by atoms with Gasteiger partial charge in [-0.1, -0.05) is 41.5 Å². The molecule has 0 spiro atoms. The SMILES string of the molecule is COC(=O)C1=COC(OC(=O)Nc2ccc(C)cc2)[C@@H]2C(COC(=O)Nc3ccc(C)cc3)=CC[C@H]12. The molecule has 2 aromatic rings. The summed E-state index contributed by atoms with van der Waals surface area (Å²) in [5, 5.41) is 5.34. The number of esters is 1. The molecule has 0 fully saturated rings. The van der Waals surface area contributed by atoms with Gasteiger partial charge in [-0.25, -0.2) is 14.4 Å². The molecule has 0 aromatic heterocycles. The van der Waals surface area contributed by atoms with Crippen LogP contribution in [0, 0.1) is 25.7 Å². The number of hydrogen-bond acceptors (Lipinski definition) is 7. The van der Waals surface area contributed by atoms with Gasteiger partial charge in [-0.15, -0.1) is 0 Å². The van der Waals surface area contributed by atoms with Gasteiger partial charge in [0.05, 0.1) is 24.9 Å². The molecule has 1 aliphatic heterocycles. The first-order valence-electron chi connectivity index (χ1n) is 11.5. The van der Waals surface area contributed by atoms with E-state index < -0.39 is 30.4 Å². The summed E-state index contributed by atoms with van der Waals surface area (Å²) in [6.07, 6.45) is 1.27. The molecule has 1 aliphatic carbocycles. The van der Waals surface area contributed by atoms with E-state index in [2.05, 4.69) is 10.6 Å². The lowest BCUT2D eigenvalue weighted by atomic mass is 9.83. The predicted molar refractivity (Wildman–Crippen MR) is 132 cm³/mol. The summed E-state index contributed by atoms with van der Waals surface area (Å²) in [4.78, 5) is 37.2. The fourth-order valence-electron chi connectivity index (χ4n) is 4.22. The smallest absolute Gasteiger partial charge is 0.414 e. The zero-order valence-electron chi connectivity index (χ0n) is 20.3. The van der Waals surface area contributed by atoms with E-state index in [9.17, 15) is 14.4 Å². The van der Waals surface area contributed by atoms with Crippen molar-refractivity contribution in [2.75, 3.05) is 24.4 Å². The Morgan fingerprint density at radius 1 is 0.917 bits per heavy atom. The molecule has 2 N–H and O–H groups in total. The summed E-state index contributed by atoms with van der Waals surface area (Å²) in [6.45, 7) is 3.84. The molecule has 2 amide bonds. The normalized spacial score (nSPS) is 20.1. The maximum atomic E-state index is 12.6. The van der Waals surface area contributed by atoms with Gasteiger partial charge in [0, 0.05) is 17.3 Å². The Kier molecular flexibility index (Phi) is 7.58. The largest absolute Gasteiger partial charge is 0.466 e. The highest BCUT2D eigenvalue weighted by Crippen LogP contribution is 2.44. The van der Waals surface area contributed by atoms with Gasteiger partial charge in [-0.05, 0) is 50.1 Å². The standard InChI is InChI=1S/C27H28N2O7/c1-16-4-9-19(10-5-16)28-26(31)35-14-18-8-13-21-22(24(30)33-3)15-34-25(23(18)21)36-27(32)29-20-11-6-17(2)7-12-20/h4-12,15,21,23,25H,13-14H2,1-3H3,(H,28,31)(H,29,32)/t21-,23-,25?/m1/s1. The van der Waals surface area contributed by atoms with E-state index in [1.54, 1.807) is 24.3 Å². The predicted octanol–water partition coefficient (Wildman–Crippen LogP) is 5.08. The maximum Gasteiger partial charge on any atom is 0.414 e. The van der Waals surface area contributed by atoms with Crippen LogP contribution in [0.5, 0.6) is 0 Å². The molecule has 0 saturated heterocycles. The molecule has 1 unspecified atom stereocenters. The Morgan fingerprint density at radius 2 is 1.50 bits per heavy atom. The lowest BCUT2D eigenvalue weighted by Gasteiger charge is -2.34. The van der Waals surface area contributed by atoms with Gasteiger partial charge in [0.1, 0.15) is 6.61 Å². The Balaban J connectivity index is 1.43. The molecule has 36 heavy (non-hydrogen) atoms. The van der Waals surface area contributed by atoms with Crippen molar-refractivity contribution in [3.05, 3.63) is 83.1 Å². The van der Waals surface area contributed by atoms with Crippen molar-refractivity contribution in [2.45, 2.75) is 26.6 Å². The third kappa shape index (κ3) is 5.86. The minimum absolute atomic E-state index is 0.0594. The van der Waals surface area contributed by atoms with Crippen LogP contribution < -0.4 is 10.6 Å². The first-order chi connectivity index (χ1) is 17.3. The summed E-state index contributed by atoms with van der Waals surface area (Å²) >= 11 is 0. The number of nitrogens with one attached hydrogen (secondary N) is 2. The topological polar surface area (TPSA) is 112 Å².